The van der Waals surface area contributed by atoms with Crippen molar-refractivity contribution in [1.29, 1.82) is 0 Å². The molecule has 2 aromatic heterocycles. The first-order valence-corrected chi connectivity index (χ1v) is 14.8. The van der Waals surface area contributed by atoms with E-state index >= 15 is 0 Å². The van der Waals surface area contributed by atoms with E-state index in [2.05, 4.69) is 35.9 Å². The van der Waals surface area contributed by atoms with Gasteiger partial charge in [-0.15, -0.1) is 24.3 Å². The van der Waals surface area contributed by atoms with Crippen LogP contribution < -0.4 is 0 Å². The zero-order valence-corrected chi connectivity index (χ0v) is 28.5. The van der Waals surface area contributed by atoms with Crippen LogP contribution in [0.1, 0.15) is 75.9 Å². The number of benzene rings is 2. The van der Waals surface area contributed by atoms with Gasteiger partial charge in [0.1, 0.15) is 0 Å². The van der Waals surface area contributed by atoms with E-state index in [-0.39, 0.29) is 31.2 Å². The van der Waals surface area contributed by atoms with Gasteiger partial charge in [0.15, 0.2) is 0 Å². The number of halogens is 4. The molecule has 4 aromatic rings. The van der Waals surface area contributed by atoms with Crippen LogP contribution in [0, 0.1) is 35.4 Å². The predicted molar refractivity (Wildman–Crippen MR) is 172 cm³/mol. The second-order valence-corrected chi connectivity index (χ2v) is 10.0. The number of rotatable bonds is 11. The molecule has 0 unspecified atom stereocenters. The summed E-state index contributed by atoms with van der Waals surface area (Å²) >= 11 is 0. The Morgan fingerprint density at radius 1 is 0.622 bits per heavy atom. The number of pyridine rings is 2. The fraction of sp³-hybridized carbons (Fsp3) is 0.333. The Labute approximate surface area is 278 Å². The molecular weight excluding hydrogens is 757 g/mol. The SMILES string of the molecule is CC=[N-].CC=[N-].CCCc1cc(CCCCc2cc(CCC)cc(-c3[c-]cc(F)cc3F)n2)nc(-c2[c-]cc(F)cc2F)c1.[Ir]. The first-order valence-electron chi connectivity index (χ1n) is 14.8. The second kappa shape index (κ2) is 21.2. The largest absolute Gasteiger partial charge is 0.814 e. The van der Waals surface area contributed by atoms with E-state index in [1.807, 2.05) is 24.3 Å². The molecule has 2 aromatic carbocycles. The van der Waals surface area contributed by atoms with Crippen molar-refractivity contribution in [2.24, 2.45) is 0 Å². The molecule has 243 valence electrons. The van der Waals surface area contributed by atoms with Gasteiger partial charge in [0.25, 0.3) is 0 Å². The Bertz CT molecular complexity index is 1400. The fourth-order valence-corrected chi connectivity index (χ4v) is 4.57. The molecule has 0 amide bonds. The van der Waals surface area contributed by atoms with Crippen molar-refractivity contribution in [3.8, 4) is 22.5 Å². The van der Waals surface area contributed by atoms with E-state index < -0.39 is 23.3 Å². The van der Waals surface area contributed by atoms with E-state index in [0.29, 0.717) is 24.2 Å². The van der Waals surface area contributed by atoms with Gasteiger partial charge in [0, 0.05) is 54.8 Å². The molecule has 0 saturated carbocycles. The van der Waals surface area contributed by atoms with Gasteiger partial charge in [-0.1, -0.05) is 87.1 Å². The molecule has 0 aliphatic rings. The maximum Gasteiger partial charge on any atom is 0.0408 e. The summed E-state index contributed by atoms with van der Waals surface area (Å²) in [5.74, 6) is -2.70. The van der Waals surface area contributed by atoms with E-state index in [1.54, 1.807) is 13.8 Å². The molecule has 4 rings (SSSR count). The molecule has 0 spiro atoms. The second-order valence-electron chi connectivity index (χ2n) is 10.0. The summed E-state index contributed by atoms with van der Waals surface area (Å²) in [6, 6.07) is 17.1. The fourth-order valence-electron chi connectivity index (χ4n) is 4.57. The third-order valence-corrected chi connectivity index (χ3v) is 6.30. The predicted octanol–water partition coefficient (Wildman–Crippen LogP) is 9.73. The minimum absolute atomic E-state index is 0. The number of aromatic nitrogens is 2. The molecule has 0 fully saturated rings. The maximum atomic E-state index is 14.4. The first kappa shape index (κ1) is 39.5. The van der Waals surface area contributed by atoms with Gasteiger partial charge in [0.05, 0.1) is 0 Å². The standard InChI is InChI=1S/C32H30F4N2.2C2H4N.Ir/c1-3-7-21-15-25(37-31(17-21)27-13-11-23(33)19-29(27)35)9-5-6-10-26-16-22(8-4-2)18-32(38-26)28-14-12-24(34)20-30(28)36;2*1-2-3;/h11-12,15-20H,3-10H2,1-2H3;2*2H,1H3;/q-2;2*-1;. The molecule has 2 heterocycles. The average Bonchev–Trinajstić information content (AvgIpc) is 2.96. The maximum absolute atomic E-state index is 14.4. The summed E-state index contributed by atoms with van der Waals surface area (Å²) in [6.45, 7) is 7.27. The molecule has 0 aliphatic carbocycles. The Morgan fingerprint density at radius 2 is 0.978 bits per heavy atom. The van der Waals surface area contributed by atoms with Gasteiger partial charge in [-0.05, 0) is 62.0 Å². The Hall–Kier alpha value is -3.55. The first-order chi connectivity index (χ1) is 21.2. The van der Waals surface area contributed by atoms with Crippen LogP contribution in [-0.2, 0) is 45.8 Å². The Kier molecular flexibility index (Phi) is 18.6. The third-order valence-electron chi connectivity index (χ3n) is 6.30. The van der Waals surface area contributed by atoms with E-state index in [9.17, 15) is 17.6 Å². The number of nitrogens with zero attached hydrogens (tertiary/aromatic N) is 4. The summed E-state index contributed by atoms with van der Waals surface area (Å²) in [5.41, 5.74) is 5.06. The molecule has 9 heteroatoms. The van der Waals surface area contributed by atoms with E-state index in [0.717, 1.165) is 97.7 Å². The quantitative estimate of drug-likeness (QED) is 0.0657. The van der Waals surface area contributed by atoms with Crippen LogP contribution >= 0.6 is 0 Å². The van der Waals surface area contributed by atoms with Crippen molar-refractivity contribution in [1.82, 2.24) is 9.97 Å². The monoisotopic (exact) mass is 795 g/mol. The summed E-state index contributed by atoms with van der Waals surface area (Å²) in [6.07, 6.45) is 8.57. The van der Waals surface area contributed by atoms with Crippen molar-refractivity contribution in [2.75, 3.05) is 0 Å². The van der Waals surface area contributed by atoms with Gasteiger partial charge in [-0.2, -0.15) is 0 Å². The summed E-state index contributed by atoms with van der Waals surface area (Å²) in [4.78, 5) is 9.29. The molecule has 0 bridgehead atoms. The van der Waals surface area contributed by atoms with Crippen LogP contribution in [-0.4, -0.2) is 22.4 Å². The van der Waals surface area contributed by atoms with Crippen LogP contribution in [0.4, 0.5) is 17.6 Å². The van der Waals surface area contributed by atoms with Gasteiger partial charge in [0.2, 0.25) is 0 Å². The van der Waals surface area contributed by atoms with Crippen molar-refractivity contribution in [3.63, 3.8) is 0 Å². The minimum atomic E-state index is -0.680. The molecular formula is C36H38F4IrN4-4. The van der Waals surface area contributed by atoms with Crippen molar-refractivity contribution >= 4 is 12.4 Å². The van der Waals surface area contributed by atoms with Crippen molar-refractivity contribution < 1.29 is 37.7 Å². The Morgan fingerprint density at radius 3 is 1.29 bits per heavy atom. The number of aryl methyl sites for hydroxylation is 4. The van der Waals surface area contributed by atoms with Crippen LogP contribution in [0.25, 0.3) is 33.3 Å². The summed E-state index contributed by atoms with van der Waals surface area (Å²) in [7, 11) is 0. The van der Waals surface area contributed by atoms with E-state index in [1.165, 1.54) is 0 Å². The molecule has 45 heavy (non-hydrogen) atoms. The zero-order valence-electron chi connectivity index (χ0n) is 26.1. The zero-order chi connectivity index (χ0) is 32.5. The Balaban J connectivity index is 0.00000134. The molecule has 0 saturated heterocycles. The number of hydrogen-bond acceptors (Lipinski definition) is 2. The third kappa shape index (κ3) is 13.1. The van der Waals surface area contributed by atoms with Crippen LogP contribution in [0.5, 0.6) is 0 Å². The van der Waals surface area contributed by atoms with Gasteiger partial charge < -0.3 is 20.8 Å². The topological polar surface area (TPSA) is 70.4 Å². The van der Waals surface area contributed by atoms with Crippen LogP contribution in [0.15, 0.2) is 48.5 Å². The van der Waals surface area contributed by atoms with Crippen LogP contribution in [0.2, 0.25) is 0 Å². The number of unbranched alkanes of at least 4 members (excludes halogenated alkanes) is 1. The normalized spacial score (nSPS) is 10.0. The number of hydrogen-bond donors (Lipinski definition) is 0. The molecule has 0 atom stereocenters. The van der Waals surface area contributed by atoms with Gasteiger partial charge >= 0.3 is 0 Å². The summed E-state index contributed by atoms with van der Waals surface area (Å²) in [5, 5.41) is 14.9. The van der Waals surface area contributed by atoms with Gasteiger partial charge in [-0.25, -0.2) is 12.4 Å². The molecule has 0 N–H and O–H groups in total. The van der Waals surface area contributed by atoms with Crippen molar-refractivity contribution in [3.05, 3.63) is 117 Å². The average molecular weight is 795 g/mol. The van der Waals surface area contributed by atoms with Crippen molar-refractivity contribution in [2.45, 2.75) is 79.1 Å². The minimum Gasteiger partial charge on any atom is -0.814 e. The van der Waals surface area contributed by atoms with E-state index in [4.69, 9.17) is 10.8 Å². The summed E-state index contributed by atoms with van der Waals surface area (Å²) < 4.78 is 55.6. The van der Waals surface area contributed by atoms with Gasteiger partial charge in [-0.3, -0.25) is 17.6 Å². The molecule has 4 nitrogen and oxygen atoms in total. The molecule has 1 radical (unpaired) electrons. The smallest absolute Gasteiger partial charge is 0.0408 e. The molecule has 0 aliphatic heterocycles. The van der Waals surface area contributed by atoms with Crippen LogP contribution in [0.3, 0.4) is 0 Å².